The SMILES string of the molecule is CC(C)C(C)Sc1ccccn1.CC(C)c1ccn(C)n1.CC(C)c1cn(C)c2ccccc12.CC(C)c1ncn[nH]1.Cc1csc(C(C)C)n1.Cc1noc(N=CN(C)C)c1C(C)C.Cc1occc1C(C)C.Cc1onc(-c2ccccc2)c1C(C)C.Cc1onc(-c2ccccc2Cl)c1C(C)C. The Morgan fingerprint density at radius 3 is 1.62 bits per heavy atom. The number of benzene rings is 3. The summed E-state index contributed by atoms with van der Waals surface area (Å²) in [5.41, 5.74) is 14.6. The molecule has 0 amide bonds. The molecule has 1 N–H and O–H groups in total. The summed E-state index contributed by atoms with van der Waals surface area (Å²) in [4.78, 5) is 18.6. The number of furan rings is 1. The molecular formula is C85H120ClN13O4S2. The first-order valence-electron chi connectivity index (χ1n) is 36.5. The summed E-state index contributed by atoms with van der Waals surface area (Å²) in [5, 5.41) is 30.1. The van der Waals surface area contributed by atoms with Crippen LogP contribution in [0.4, 0.5) is 5.88 Å². The van der Waals surface area contributed by atoms with Crippen molar-refractivity contribution in [3.05, 3.63) is 224 Å². The number of hydrogen-bond acceptors (Lipinski definition) is 15. The van der Waals surface area contributed by atoms with Crippen molar-refractivity contribution in [2.45, 2.75) is 224 Å². The van der Waals surface area contributed by atoms with Crippen LogP contribution in [-0.4, -0.2) is 85.6 Å². The highest BCUT2D eigenvalue weighted by atomic mass is 35.5. The van der Waals surface area contributed by atoms with Crippen LogP contribution in [0.25, 0.3) is 33.4 Å². The molecule has 0 spiro atoms. The third-order valence-electron chi connectivity index (χ3n) is 16.4. The van der Waals surface area contributed by atoms with Crippen LogP contribution >= 0.6 is 34.7 Å². The summed E-state index contributed by atoms with van der Waals surface area (Å²) in [6.07, 6.45) is 11.0. The highest BCUT2D eigenvalue weighted by Gasteiger charge is 2.21. The quantitative estimate of drug-likeness (QED) is 0.0578. The first-order valence-corrected chi connectivity index (χ1v) is 38.6. The second-order valence-electron chi connectivity index (χ2n) is 28.8. The number of fused-ring (bicyclic) bond motifs is 1. The number of aliphatic imine (C=N–C) groups is 1. The minimum Gasteiger partial charge on any atom is -0.469 e. The zero-order valence-corrected chi connectivity index (χ0v) is 70.3. The van der Waals surface area contributed by atoms with Gasteiger partial charge in [-0.15, -0.1) is 23.1 Å². The molecule has 0 radical (unpaired) electrons. The number of aryl methyl sites for hydroxylation is 7. The Labute approximate surface area is 640 Å². The lowest BCUT2D eigenvalue weighted by Crippen LogP contribution is -2.07. The van der Waals surface area contributed by atoms with E-state index in [4.69, 9.17) is 29.6 Å². The van der Waals surface area contributed by atoms with Gasteiger partial charge in [0.2, 0.25) is 0 Å². The molecule has 0 saturated carbocycles. The molecule has 1 unspecified atom stereocenters. The predicted octanol–water partition coefficient (Wildman–Crippen LogP) is 24.8. The minimum atomic E-state index is 0.373. The number of nitrogens with one attached hydrogen (secondary N) is 1. The van der Waals surface area contributed by atoms with Gasteiger partial charge < -0.3 is 27.5 Å². The molecule has 0 fully saturated rings. The molecule has 568 valence electrons. The van der Waals surface area contributed by atoms with E-state index in [9.17, 15) is 0 Å². The molecule has 9 aromatic heterocycles. The largest absolute Gasteiger partial charge is 0.469 e. The Bertz CT molecular complexity index is 4310. The number of aromatic nitrogens is 11. The van der Waals surface area contributed by atoms with Crippen LogP contribution in [-0.2, 0) is 14.1 Å². The molecule has 0 aliphatic carbocycles. The third-order valence-corrected chi connectivity index (χ3v) is 19.4. The fourth-order valence-corrected chi connectivity index (χ4v) is 12.5. The van der Waals surface area contributed by atoms with Crippen LogP contribution in [0.5, 0.6) is 0 Å². The van der Waals surface area contributed by atoms with E-state index in [0.29, 0.717) is 69.4 Å². The second kappa shape index (κ2) is 45.0. The summed E-state index contributed by atoms with van der Waals surface area (Å²) in [6.45, 7) is 50.9. The van der Waals surface area contributed by atoms with Crippen LogP contribution in [0.15, 0.2) is 174 Å². The molecule has 0 bridgehead atoms. The van der Waals surface area contributed by atoms with Crippen molar-refractivity contribution in [1.29, 1.82) is 0 Å². The molecule has 20 heteroatoms. The number of aromatic amines is 1. The van der Waals surface area contributed by atoms with Crippen molar-refractivity contribution in [2.24, 2.45) is 25.0 Å². The molecule has 0 saturated heterocycles. The minimum absolute atomic E-state index is 0.373. The monoisotopic (exact) mass is 1490 g/mol. The van der Waals surface area contributed by atoms with Crippen LogP contribution in [0.2, 0.25) is 5.02 Å². The normalized spacial score (nSPS) is 11.3. The standard InChI is InChI=1S/C13H14ClNO.C13H15NO.C12H15N.C10H17N3O.C10H15NS.C8H12O.C7H12N2.C7H11NS.C5H9N3/c1-8(2)12-9(3)16-15-13(12)10-6-4-5-7-11(10)14;1-9(2)12-10(3)15-14-13(12)11-7-5-4-6-8-11;1-9(2)11-8-13(3)12-7-5-4-6-10(11)12;1-7(2)9-8(3)12-14-10(9)11-6-13(4)5;1-8(2)9(3)12-10-6-4-5-7-11-10;1-6(2)8-4-5-9-7(8)3;1-6(2)7-4-5-9(3)8-7;1-5(2)7-8-6(3)4-9-7;1-4(2)5-6-3-7-8-5/h4-8H,1-3H3;4-9H,1-3H3;4-9H,1-3H3;6-7H,1-5H3;4-9H,1-3H3;2*4-6H,1-3H3;4-5H,1-3H3;3-4H,1-2H3,(H,6,7,8). The van der Waals surface area contributed by atoms with Gasteiger partial charge in [0, 0.05) is 114 Å². The molecule has 1 atom stereocenters. The van der Waals surface area contributed by atoms with Gasteiger partial charge in [0.15, 0.2) is 0 Å². The van der Waals surface area contributed by atoms with Gasteiger partial charge in [-0.25, -0.2) is 19.9 Å². The van der Waals surface area contributed by atoms with Crippen LogP contribution in [0.3, 0.4) is 0 Å². The van der Waals surface area contributed by atoms with E-state index in [2.05, 4.69) is 248 Å². The third kappa shape index (κ3) is 29.3. The van der Waals surface area contributed by atoms with Crippen molar-refractivity contribution in [3.63, 3.8) is 0 Å². The Balaban J connectivity index is 0.000000252. The smallest absolute Gasteiger partial charge is 0.255 e. The van der Waals surface area contributed by atoms with Gasteiger partial charge in [-0.2, -0.15) is 10.2 Å². The maximum absolute atomic E-state index is 6.16. The van der Waals surface area contributed by atoms with Gasteiger partial charge in [0.1, 0.15) is 40.8 Å². The summed E-state index contributed by atoms with van der Waals surface area (Å²) in [6, 6.07) is 36.5. The Morgan fingerprint density at radius 1 is 0.581 bits per heavy atom. The van der Waals surface area contributed by atoms with E-state index in [1.54, 1.807) is 23.9 Å². The average molecular weight is 1490 g/mol. The van der Waals surface area contributed by atoms with Crippen LogP contribution < -0.4 is 0 Å². The first-order chi connectivity index (χ1) is 49.6. The topological polar surface area (TPSA) is 197 Å². The van der Waals surface area contributed by atoms with E-state index in [1.807, 2.05) is 156 Å². The fourth-order valence-electron chi connectivity index (χ4n) is 10.5. The van der Waals surface area contributed by atoms with Crippen molar-refractivity contribution in [2.75, 3.05) is 14.1 Å². The van der Waals surface area contributed by atoms with Crippen molar-refractivity contribution < 1.29 is 18.0 Å². The van der Waals surface area contributed by atoms with Gasteiger partial charge in [0.25, 0.3) is 5.88 Å². The van der Waals surface area contributed by atoms with Crippen LogP contribution in [0, 0.1) is 40.5 Å². The number of hydrogen-bond donors (Lipinski definition) is 1. The summed E-state index contributed by atoms with van der Waals surface area (Å²) in [5.74, 6) is 9.08. The Kier molecular flexibility index (Phi) is 38.0. The van der Waals surface area contributed by atoms with Crippen molar-refractivity contribution in [3.8, 4) is 22.5 Å². The molecule has 12 rings (SSSR count). The Morgan fingerprint density at radius 2 is 1.17 bits per heavy atom. The van der Waals surface area contributed by atoms with Gasteiger partial charge in [-0.1, -0.05) is 231 Å². The fraction of sp³-hybridized carbons (Fsp3) is 0.447. The van der Waals surface area contributed by atoms with Crippen molar-refractivity contribution >= 4 is 57.8 Å². The van der Waals surface area contributed by atoms with Crippen molar-refractivity contribution in [1.82, 2.24) is 59.9 Å². The maximum atomic E-state index is 6.16. The molecule has 9 heterocycles. The second-order valence-corrected chi connectivity index (χ2v) is 31.5. The Hall–Kier alpha value is -8.65. The first kappa shape index (κ1) is 88.7. The maximum Gasteiger partial charge on any atom is 0.255 e. The predicted molar refractivity (Wildman–Crippen MR) is 441 cm³/mol. The molecular weight excluding hydrogens is 1370 g/mol. The molecule has 0 aliphatic heterocycles. The highest BCUT2D eigenvalue weighted by molar-refractivity contribution is 7.99. The summed E-state index contributed by atoms with van der Waals surface area (Å²) in [7, 11) is 7.88. The van der Waals surface area contributed by atoms with Gasteiger partial charge in [-0.05, 0) is 124 Å². The number of pyridine rings is 1. The number of rotatable bonds is 15. The molecule has 3 aromatic carbocycles. The zero-order valence-electron chi connectivity index (χ0n) is 67.9. The van der Waals surface area contributed by atoms with Crippen LogP contribution in [0.1, 0.15) is 252 Å². The average Bonchev–Trinajstić information content (AvgIpc) is 1.67. The van der Waals surface area contributed by atoms with E-state index in [1.165, 1.54) is 38.9 Å². The van der Waals surface area contributed by atoms with Gasteiger partial charge in [0.05, 0.1) is 39.0 Å². The van der Waals surface area contributed by atoms with E-state index in [0.717, 1.165) is 78.9 Å². The van der Waals surface area contributed by atoms with Gasteiger partial charge >= 0.3 is 0 Å². The zero-order chi connectivity index (χ0) is 78.2. The number of thioether (sulfide) groups is 1. The van der Waals surface area contributed by atoms with E-state index in [-0.39, 0.29) is 0 Å². The van der Waals surface area contributed by atoms with E-state index >= 15 is 0 Å². The van der Waals surface area contributed by atoms with Gasteiger partial charge in [-0.3, -0.25) is 9.78 Å². The summed E-state index contributed by atoms with van der Waals surface area (Å²) >= 11 is 9.75. The highest BCUT2D eigenvalue weighted by Crippen LogP contribution is 2.36. The lowest BCUT2D eigenvalue weighted by molar-refractivity contribution is 0.397. The number of para-hydroxylation sites is 1. The molecule has 0 aliphatic rings. The number of halogens is 1. The molecule has 105 heavy (non-hydrogen) atoms. The number of thiazole rings is 1. The number of H-pyrrole nitrogens is 1. The summed E-state index contributed by atoms with van der Waals surface area (Å²) < 4.78 is 24.8. The van der Waals surface area contributed by atoms with E-state index < -0.39 is 0 Å². The number of nitrogens with zero attached hydrogens (tertiary/aromatic N) is 12. The lowest BCUT2D eigenvalue weighted by atomic mass is 9.97. The molecule has 12 aromatic rings. The lowest BCUT2D eigenvalue weighted by Gasteiger charge is -2.13. The molecule has 17 nitrogen and oxygen atoms in total.